The number of hydrogen-bond acceptors (Lipinski definition) is 5. The van der Waals surface area contributed by atoms with Crippen LogP contribution in [0.2, 0.25) is 0 Å². The molecule has 0 fully saturated rings. The Kier molecular flexibility index (Phi) is 3.36. The number of benzene rings is 1. The predicted octanol–water partition coefficient (Wildman–Crippen LogP) is 2.99. The fourth-order valence-electron chi connectivity index (χ4n) is 1.22. The number of aryl methyl sites for hydroxylation is 1. The zero-order valence-corrected chi connectivity index (χ0v) is 9.70. The van der Waals surface area contributed by atoms with E-state index in [-0.39, 0.29) is 5.75 Å². The molecule has 1 heterocycles. The van der Waals surface area contributed by atoms with E-state index in [1.807, 2.05) is 0 Å². The smallest absolute Gasteiger partial charge is 0.298 e. The normalized spacial score (nSPS) is 10.3. The molecule has 0 saturated carbocycles. The van der Waals surface area contributed by atoms with Crippen molar-refractivity contribution in [1.82, 2.24) is 9.36 Å². The molecular formula is C11H12N2O2S. The summed E-state index contributed by atoms with van der Waals surface area (Å²) in [5.74, 6) is 1.69. The molecule has 4 nitrogen and oxygen atoms in total. The molecule has 84 valence electrons. The standard InChI is InChI=1S/C11H12N2O2S/c1-2-3-10-12-11(16-13-10)15-9-6-4-8(14)5-7-9/h4-7,14H,2-3H2,1H3. The van der Waals surface area contributed by atoms with Gasteiger partial charge in [-0.1, -0.05) is 6.92 Å². The summed E-state index contributed by atoms with van der Waals surface area (Å²) in [5, 5.41) is 9.65. The van der Waals surface area contributed by atoms with E-state index >= 15 is 0 Å². The number of phenols is 1. The molecular weight excluding hydrogens is 224 g/mol. The van der Waals surface area contributed by atoms with E-state index in [2.05, 4.69) is 16.3 Å². The van der Waals surface area contributed by atoms with Crippen molar-refractivity contribution in [2.45, 2.75) is 19.8 Å². The molecule has 0 unspecified atom stereocenters. The fourth-order valence-corrected chi connectivity index (χ4v) is 1.81. The number of hydrogen-bond donors (Lipinski definition) is 1. The van der Waals surface area contributed by atoms with Gasteiger partial charge in [0.1, 0.15) is 17.3 Å². The lowest BCUT2D eigenvalue weighted by molar-refractivity contribution is 0.462. The number of nitrogens with zero attached hydrogens (tertiary/aromatic N) is 2. The summed E-state index contributed by atoms with van der Waals surface area (Å²) >= 11 is 1.24. The van der Waals surface area contributed by atoms with Crippen molar-refractivity contribution in [3.8, 4) is 16.7 Å². The molecule has 1 aromatic heterocycles. The first-order valence-corrected chi connectivity index (χ1v) is 5.84. The van der Waals surface area contributed by atoms with Gasteiger partial charge < -0.3 is 9.84 Å². The average Bonchev–Trinajstić information content (AvgIpc) is 2.70. The lowest BCUT2D eigenvalue weighted by Crippen LogP contribution is -1.86. The van der Waals surface area contributed by atoms with Crippen molar-refractivity contribution in [3.63, 3.8) is 0 Å². The maximum atomic E-state index is 9.12. The second kappa shape index (κ2) is 4.94. The molecule has 16 heavy (non-hydrogen) atoms. The quantitative estimate of drug-likeness (QED) is 0.886. The van der Waals surface area contributed by atoms with Crippen LogP contribution in [0.3, 0.4) is 0 Å². The molecule has 0 aliphatic heterocycles. The van der Waals surface area contributed by atoms with Gasteiger partial charge in [0, 0.05) is 18.0 Å². The molecule has 1 N–H and O–H groups in total. The molecule has 0 aliphatic rings. The first-order valence-electron chi connectivity index (χ1n) is 5.07. The van der Waals surface area contributed by atoms with Crippen LogP contribution in [-0.4, -0.2) is 14.5 Å². The summed E-state index contributed by atoms with van der Waals surface area (Å²) in [6, 6.07) is 6.53. The van der Waals surface area contributed by atoms with Crippen molar-refractivity contribution >= 4 is 11.5 Å². The van der Waals surface area contributed by atoms with Crippen LogP contribution < -0.4 is 4.74 Å². The predicted molar refractivity (Wildman–Crippen MR) is 62.1 cm³/mol. The molecule has 1 aromatic carbocycles. The van der Waals surface area contributed by atoms with E-state index in [0.717, 1.165) is 18.7 Å². The Morgan fingerprint density at radius 3 is 2.75 bits per heavy atom. The first-order chi connectivity index (χ1) is 7.78. The second-order valence-corrected chi connectivity index (χ2v) is 4.04. The van der Waals surface area contributed by atoms with Gasteiger partial charge in [-0.3, -0.25) is 0 Å². The highest BCUT2D eigenvalue weighted by Gasteiger charge is 2.05. The van der Waals surface area contributed by atoms with Crippen molar-refractivity contribution in [3.05, 3.63) is 30.1 Å². The summed E-state index contributed by atoms with van der Waals surface area (Å²) in [6.07, 6.45) is 1.89. The summed E-state index contributed by atoms with van der Waals surface area (Å²) in [5.41, 5.74) is 0. The molecule has 0 saturated heterocycles. The van der Waals surface area contributed by atoms with Crippen LogP contribution in [-0.2, 0) is 6.42 Å². The third-order valence-electron chi connectivity index (χ3n) is 1.96. The highest BCUT2D eigenvalue weighted by Crippen LogP contribution is 2.24. The molecule has 2 aromatic rings. The van der Waals surface area contributed by atoms with Gasteiger partial charge in [-0.15, -0.1) is 0 Å². The number of aromatic nitrogens is 2. The van der Waals surface area contributed by atoms with Gasteiger partial charge in [-0.2, -0.15) is 9.36 Å². The van der Waals surface area contributed by atoms with Gasteiger partial charge in [-0.25, -0.2) is 0 Å². The third kappa shape index (κ3) is 2.70. The van der Waals surface area contributed by atoms with Gasteiger partial charge in [0.25, 0.3) is 5.19 Å². The number of ether oxygens (including phenoxy) is 1. The van der Waals surface area contributed by atoms with E-state index in [9.17, 15) is 0 Å². The van der Waals surface area contributed by atoms with E-state index in [4.69, 9.17) is 9.84 Å². The van der Waals surface area contributed by atoms with Crippen molar-refractivity contribution in [2.24, 2.45) is 0 Å². The maximum Gasteiger partial charge on any atom is 0.298 e. The Balaban J connectivity index is 2.05. The van der Waals surface area contributed by atoms with Crippen LogP contribution in [0.4, 0.5) is 0 Å². The third-order valence-corrected chi connectivity index (χ3v) is 2.60. The average molecular weight is 236 g/mol. The monoisotopic (exact) mass is 236 g/mol. The van der Waals surface area contributed by atoms with Crippen molar-refractivity contribution < 1.29 is 9.84 Å². The molecule has 0 radical (unpaired) electrons. The first kappa shape index (κ1) is 10.9. The Bertz CT molecular complexity index is 453. The van der Waals surface area contributed by atoms with Crippen LogP contribution in [0, 0.1) is 0 Å². The van der Waals surface area contributed by atoms with Gasteiger partial charge in [0.15, 0.2) is 0 Å². The minimum absolute atomic E-state index is 0.219. The molecule has 0 bridgehead atoms. The highest BCUT2D eigenvalue weighted by molar-refractivity contribution is 7.07. The van der Waals surface area contributed by atoms with Gasteiger partial charge >= 0.3 is 0 Å². The van der Waals surface area contributed by atoms with Gasteiger partial charge in [0.05, 0.1) is 0 Å². The lowest BCUT2D eigenvalue weighted by Gasteiger charge is -1.99. The Hall–Kier alpha value is -1.62. The second-order valence-electron chi connectivity index (χ2n) is 3.32. The van der Waals surface area contributed by atoms with Crippen LogP contribution in [0.25, 0.3) is 0 Å². The maximum absolute atomic E-state index is 9.12. The van der Waals surface area contributed by atoms with Crippen LogP contribution >= 0.6 is 11.5 Å². The van der Waals surface area contributed by atoms with Gasteiger partial charge in [-0.05, 0) is 30.7 Å². The minimum Gasteiger partial charge on any atom is -0.508 e. The minimum atomic E-state index is 0.219. The number of aromatic hydroxyl groups is 1. The molecule has 0 atom stereocenters. The van der Waals surface area contributed by atoms with E-state index in [1.54, 1.807) is 24.3 Å². The van der Waals surface area contributed by atoms with Crippen molar-refractivity contribution in [2.75, 3.05) is 0 Å². The summed E-state index contributed by atoms with van der Waals surface area (Å²) < 4.78 is 9.67. The summed E-state index contributed by atoms with van der Waals surface area (Å²) in [4.78, 5) is 4.24. The van der Waals surface area contributed by atoms with E-state index in [0.29, 0.717) is 10.9 Å². The highest BCUT2D eigenvalue weighted by atomic mass is 32.1. The number of rotatable bonds is 4. The molecule has 2 rings (SSSR count). The summed E-state index contributed by atoms with van der Waals surface area (Å²) in [6.45, 7) is 2.08. The Morgan fingerprint density at radius 2 is 2.06 bits per heavy atom. The zero-order valence-electron chi connectivity index (χ0n) is 8.88. The Morgan fingerprint density at radius 1 is 1.31 bits per heavy atom. The lowest BCUT2D eigenvalue weighted by atomic mass is 10.3. The topological polar surface area (TPSA) is 55.2 Å². The molecule has 0 amide bonds. The molecule has 0 aliphatic carbocycles. The largest absolute Gasteiger partial charge is 0.508 e. The van der Waals surface area contributed by atoms with Crippen LogP contribution in [0.1, 0.15) is 19.2 Å². The fraction of sp³-hybridized carbons (Fsp3) is 0.273. The Labute approximate surface area is 97.7 Å². The van der Waals surface area contributed by atoms with Crippen LogP contribution in [0.5, 0.6) is 16.7 Å². The molecule has 0 spiro atoms. The van der Waals surface area contributed by atoms with Gasteiger partial charge in [0.2, 0.25) is 0 Å². The number of phenolic OH excluding ortho intramolecular Hbond substituents is 1. The van der Waals surface area contributed by atoms with E-state index < -0.39 is 0 Å². The summed E-state index contributed by atoms with van der Waals surface area (Å²) in [7, 11) is 0. The zero-order chi connectivity index (χ0) is 11.4. The van der Waals surface area contributed by atoms with Crippen molar-refractivity contribution in [1.29, 1.82) is 0 Å². The SMILES string of the molecule is CCCc1nsc(Oc2ccc(O)cc2)n1. The van der Waals surface area contributed by atoms with Crippen LogP contribution in [0.15, 0.2) is 24.3 Å². The molecule has 5 heteroatoms. The van der Waals surface area contributed by atoms with E-state index in [1.165, 1.54) is 11.5 Å².